The van der Waals surface area contributed by atoms with Crippen molar-refractivity contribution in [1.29, 1.82) is 0 Å². The van der Waals surface area contributed by atoms with E-state index in [9.17, 15) is 0 Å². The topological polar surface area (TPSA) is 18.5 Å². The summed E-state index contributed by atoms with van der Waals surface area (Å²) in [4.78, 5) is 0. The summed E-state index contributed by atoms with van der Waals surface area (Å²) in [6, 6.07) is 8.29. The van der Waals surface area contributed by atoms with E-state index in [4.69, 9.17) is 9.47 Å². The van der Waals surface area contributed by atoms with Crippen LogP contribution in [0.4, 0.5) is 0 Å². The van der Waals surface area contributed by atoms with Gasteiger partial charge in [-0.3, -0.25) is 0 Å². The van der Waals surface area contributed by atoms with E-state index in [0.29, 0.717) is 12.0 Å². The lowest BCUT2D eigenvalue weighted by Gasteiger charge is -2.24. The average Bonchev–Trinajstić information content (AvgIpc) is 2.69. The molecule has 1 aromatic carbocycles. The van der Waals surface area contributed by atoms with Crippen molar-refractivity contribution in [1.82, 2.24) is 0 Å². The Balaban J connectivity index is 2.11. The second-order valence-electron chi connectivity index (χ2n) is 5.52. The molecule has 0 saturated carbocycles. The molecule has 2 heteroatoms. The van der Waals surface area contributed by atoms with Crippen molar-refractivity contribution in [2.24, 2.45) is 0 Å². The van der Waals surface area contributed by atoms with Gasteiger partial charge in [0.1, 0.15) is 5.75 Å². The molecular formula is C15H22O2. The minimum Gasteiger partial charge on any atom is -0.497 e. The normalized spacial score (nSPS) is 24.6. The minimum absolute atomic E-state index is 0.0395. The summed E-state index contributed by atoms with van der Waals surface area (Å²) >= 11 is 0. The van der Waals surface area contributed by atoms with Gasteiger partial charge in [-0.1, -0.05) is 19.1 Å². The number of methoxy groups -OCH3 is 1. The summed E-state index contributed by atoms with van der Waals surface area (Å²) in [6.07, 6.45) is 2.62. The van der Waals surface area contributed by atoms with E-state index >= 15 is 0 Å². The fraction of sp³-hybridized carbons (Fsp3) is 0.600. The van der Waals surface area contributed by atoms with Crippen LogP contribution in [0.2, 0.25) is 0 Å². The van der Waals surface area contributed by atoms with Crippen LogP contribution in [0.5, 0.6) is 5.75 Å². The monoisotopic (exact) mass is 234 g/mol. The van der Waals surface area contributed by atoms with Crippen molar-refractivity contribution in [3.05, 3.63) is 29.8 Å². The molecule has 0 radical (unpaired) electrons. The maximum atomic E-state index is 6.10. The number of benzene rings is 1. The molecule has 1 aromatic rings. The van der Waals surface area contributed by atoms with Gasteiger partial charge in [-0.05, 0) is 44.4 Å². The Morgan fingerprint density at radius 2 is 2.18 bits per heavy atom. The molecule has 1 fully saturated rings. The van der Waals surface area contributed by atoms with E-state index in [1.165, 1.54) is 5.56 Å². The number of hydrogen-bond acceptors (Lipinski definition) is 2. The fourth-order valence-electron chi connectivity index (χ4n) is 2.51. The molecule has 1 saturated heterocycles. The van der Waals surface area contributed by atoms with Crippen LogP contribution in [0.1, 0.15) is 45.1 Å². The standard InChI is InChI=1S/C15H22O2/c1-11(14-8-9-15(2,3)17-14)12-6-5-7-13(10-12)16-4/h5-7,10-11,14H,8-9H2,1-4H3/t11-,14-/m1/s1. The molecule has 0 aliphatic carbocycles. The third kappa shape index (κ3) is 2.81. The third-order valence-corrected chi connectivity index (χ3v) is 3.68. The molecule has 0 aromatic heterocycles. The van der Waals surface area contributed by atoms with Gasteiger partial charge in [0.2, 0.25) is 0 Å². The van der Waals surface area contributed by atoms with Crippen molar-refractivity contribution >= 4 is 0 Å². The summed E-state index contributed by atoms with van der Waals surface area (Å²) in [5.74, 6) is 1.35. The Morgan fingerprint density at radius 3 is 2.76 bits per heavy atom. The third-order valence-electron chi connectivity index (χ3n) is 3.68. The van der Waals surface area contributed by atoms with E-state index in [-0.39, 0.29) is 5.60 Å². The van der Waals surface area contributed by atoms with Crippen LogP contribution in [0.15, 0.2) is 24.3 Å². The molecule has 2 atom stereocenters. The molecule has 0 spiro atoms. The van der Waals surface area contributed by atoms with Crippen molar-refractivity contribution in [2.45, 2.75) is 51.2 Å². The van der Waals surface area contributed by atoms with Crippen LogP contribution in [0.3, 0.4) is 0 Å². The highest BCUT2D eigenvalue weighted by Gasteiger charge is 2.35. The number of hydrogen-bond donors (Lipinski definition) is 0. The zero-order chi connectivity index (χ0) is 12.5. The van der Waals surface area contributed by atoms with E-state index in [0.717, 1.165) is 18.6 Å². The van der Waals surface area contributed by atoms with E-state index in [1.54, 1.807) is 7.11 Å². The lowest BCUT2D eigenvalue weighted by atomic mass is 9.93. The largest absolute Gasteiger partial charge is 0.497 e. The highest BCUT2D eigenvalue weighted by Crippen LogP contribution is 2.37. The Labute approximate surface area is 104 Å². The summed E-state index contributed by atoms with van der Waals surface area (Å²) in [5.41, 5.74) is 1.34. The molecule has 0 unspecified atom stereocenters. The van der Waals surface area contributed by atoms with Crippen molar-refractivity contribution in [2.75, 3.05) is 7.11 Å². The quantitative estimate of drug-likeness (QED) is 0.793. The Bertz CT molecular complexity index is 384. The summed E-state index contributed by atoms with van der Waals surface area (Å²) in [7, 11) is 1.71. The molecule has 1 aliphatic rings. The van der Waals surface area contributed by atoms with Gasteiger partial charge in [0.15, 0.2) is 0 Å². The summed E-state index contributed by atoms with van der Waals surface area (Å²) in [5, 5.41) is 0. The summed E-state index contributed by atoms with van der Waals surface area (Å²) in [6.45, 7) is 6.58. The molecule has 1 heterocycles. The van der Waals surface area contributed by atoms with Crippen LogP contribution in [0.25, 0.3) is 0 Å². The highest BCUT2D eigenvalue weighted by molar-refractivity contribution is 5.31. The molecule has 0 amide bonds. The van der Waals surface area contributed by atoms with Gasteiger partial charge in [0.05, 0.1) is 18.8 Å². The van der Waals surface area contributed by atoms with Gasteiger partial charge in [0, 0.05) is 5.92 Å². The molecule has 2 nitrogen and oxygen atoms in total. The summed E-state index contributed by atoms with van der Waals surface area (Å²) < 4.78 is 11.4. The predicted molar refractivity (Wildman–Crippen MR) is 69.6 cm³/mol. The fourth-order valence-corrected chi connectivity index (χ4v) is 2.51. The first-order chi connectivity index (χ1) is 8.02. The van der Waals surface area contributed by atoms with E-state index in [1.807, 2.05) is 12.1 Å². The van der Waals surface area contributed by atoms with E-state index < -0.39 is 0 Å². The molecule has 2 rings (SSSR count). The maximum Gasteiger partial charge on any atom is 0.119 e. The second-order valence-corrected chi connectivity index (χ2v) is 5.52. The van der Waals surface area contributed by atoms with Gasteiger partial charge in [-0.2, -0.15) is 0 Å². The first-order valence-electron chi connectivity index (χ1n) is 6.33. The van der Waals surface area contributed by atoms with Gasteiger partial charge in [0.25, 0.3) is 0 Å². The molecular weight excluding hydrogens is 212 g/mol. The van der Waals surface area contributed by atoms with Crippen LogP contribution < -0.4 is 4.74 Å². The minimum atomic E-state index is 0.0395. The van der Waals surface area contributed by atoms with Gasteiger partial charge >= 0.3 is 0 Å². The number of ether oxygens (including phenoxy) is 2. The lowest BCUT2D eigenvalue weighted by Crippen LogP contribution is -2.23. The molecule has 1 aliphatic heterocycles. The zero-order valence-electron chi connectivity index (χ0n) is 11.2. The van der Waals surface area contributed by atoms with Crippen molar-refractivity contribution in [3.63, 3.8) is 0 Å². The zero-order valence-corrected chi connectivity index (χ0v) is 11.2. The van der Waals surface area contributed by atoms with E-state index in [2.05, 4.69) is 32.9 Å². The number of rotatable bonds is 3. The first-order valence-corrected chi connectivity index (χ1v) is 6.33. The Morgan fingerprint density at radius 1 is 1.41 bits per heavy atom. The van der Waals surface area contributed by atoms with Crippen LogP contribution in [-0.4, -0.2) is 18.8 Å². The second kappa shape index (κ2) is 4.69. The van der Waals surface area contributed by atoms with Crippen molar-refractivity contribution in [3.8, 4) is 5.75 Å². The maximum absolute atomic E-state index is 6.10. The Kier molecular flexibility index (Phi) is 3.43. The van der Waals surface area contributed by atoms with Gasteiger partial charge < -0.3 is 9.47 Å². The van der Waals surface area contributed by atoms with Gasteiger partial charge in [-0.15, -0.1) is 0 Å². The molecule has 0 N–H and O–H groups in total. The molecule has 94 valence electrons. The van der Waals surface area contributed by atoms with Gasteiger partial charge in [-0.25, -0.2) is 0 Å². The molecule has 17 heavy (non-hydrogen) atoms. The Hall–Kier alpha value is -1.02. The average molecular weight is 234 g/mol. The molecule has 0 bridgehead atoms. The predicted octanol–water partition coefficient (Wildman–Crippen LogP) is 3.76. The van der Waals surface area contributed by atoms with Crippen LogP contribution in [-0.2, 0) is 4.74 Å². The highest BCUT2D eigenvalue weighted by atomic mass is 16.5. The van der Waals surface area contributed by atoms with Crippen molar-refractivity contribution < 1.29 is 9.47 Å². The van der Waals surface area contributed by atoms with Crippen LogP contribution >= 0.6 is 0 Å². The lowest BCUT2D eigenvalue weighted by molar-refractivity contribution is -0.0242. The SMILES string of the molecule is COc1cccc([C@@H](C)[C@H]2CCC(C)(C)O2)c1. The smallest absolute Gasteiger partial charge is 0.119 e. The van der Waals surface area contributed by atoms with Crippen LogP contribution in [0, 0.1) is 0 Å². The first kappa shape index (κ1) is 12.4.